The Labute approximate surface area is 154 Å². The van der Waals surface area contributed by atoms with Gasteiger partial charge in [-0.3, -0.25) is 9.25 Å². The fraction of sp³-hybridized carbons (Fsp3) is 0.500. The summed E-state index contributed by atoms with van der Waals surface area (Å²) in [7, 11) is 0. The van der Waals surface area contributed by atoms with Gasteiger partial charge in [-0.1, -0.05) is 0 Å². The Morgan fingerprint density at radius 3 is 2.67 bits per heavy atom. The first-order valence-corrected chi connectivity index (χ1v) is 8.57. The van der Waals surface area contributed by atoms with Crippen molar-refractivity contribution in [2.45, 2.75) is 44.4 Å². The molecule has 1 aliphatic heterocycles. The van der Waals surface area contributed by atoms with Crippen LogP contribution >= 0.6 is 0 Å². The molecule has 0 amide bonds. The lowest BCUT2D eigenvalue weighted by molar-refractivity contribution is -0.0511. The summed E-state index contributed by atoms with van der Waals surface area (Å²) in [5.41, 5.74) is 7.43. The van der Waals surface area contributed by atoms with E-state index in [4.69, 9.17) is 10.5 Å². The second-order valence-electron chi connectivity index (χ2n) is 6.79. The molecule has 5 N–H and O–H groups in total. The van der Waals surface area contributed by atoms with Crippen LogP contribution in [0, 0.1) is 0 Å². The number of anilines is 1. The van der Waals surface area contributed by atoms with Gasteiger partial charge in [0.25, 0.3) is 0 Å². The Bertz CT molecular complexity index is 969. The van der Waals surface area contributed by atoms with Gasteiger partial charge in [0.1, 0.15) is 23.8 Å². The highest BCUT2D eigenvalue weighted by Crippen LogP contribution is 2.32. The van der Waals surface area contributed by atoms with Crippen molar-refractivity contribution in [3.05, 3.63) is 18.7 Å². The number of aliphatic hydroxyl groups is 3. The number of imidazole rings is 1. The van der Waals surface area contributed by atoms with Gasteiger partial charge in [0.2, 0.25) is 0 Å². The summed E-state index contributed by atoms with van der Waals surface area (Å²) in [6.07, 6.45) is 0.556. The van der Waals surface area contributed by atoms with Crippen molar-refractivity contribution in [2.75, 3.05) is 12.3 Å². The highest BCUT2D eigenvalue weighted by molar-refractivity contribution is 5.83. The number of nitrogens with two attached hydrogens (primary N) is 1. The van der Waals surface area contributed by atoms with Gasteiger partial charge in [-0.05, 0) is 13.8 Å². The van der Waals surface area contributed by atoms with Crippen LogP contribution in [0.4, 0.5) is 5.82 Å². The molecule has 0 aliphatic carbocycles. The van der Waals surface area contributed by atoms with Crippen LogP contribution in [0.1, 0.15) is 26.1 Å². The molecule has 4 atom stereocenters. The molecule has 144 valence electrons. The number of rotatable bonds is 4. The molecule has 1 fully saturated rings. The second-order valence-corrected chi connectivity index (χ2v) is 6.79. The third kappa shape index (κ3) is 2.84. The molecule has 0 saturated carbocycles. The van der Waals surface area contributed by atoms with Crippen LogP contribution in [0.3, 0.4) is 0 Å². The highest BCUT2D eigenvalue weighted by Gasteiger charge is 2.44. The Hall–Kier alpha value is -2.60. The number of nitrogen functional groups attached to an aromatic ring is 1. The van der Waals surface area contributed by atoms with Gasteiger partial charge < -0.3 is 25.8 Å². The van der Waals surface area contributed by atoms with E-state index in [1.165, 1.54) is 10.9 Å². The van der Waals surface area contributed by atoms with Gasteiger partial charge in [0, 0.05) is 12.2 Å². The van der Waals surface area contributed by atoms with Gasteiger partial charge in [-0.15, -0.1) is 0 Å². The van der Waals surface area contributed by atoms with E-state index in [-0.39, 0.29) is 11.9 Å². The molecule has 0 bridgehead atoms. The maximum Gasteiger partial charge on any atom is 0.168 e. The van der Waals surface area contributed by atoms with Gasteiger partial charge in [-0.25, -0.2) is 15.0 Å². The molecule has 1 aliphatic rings. The minimum absolute atomic E-state index is 0.179. The molecule has 3 aromatic rings. The molecule has 1 saturated heterocycles. The maximum atomic E-state index is 10.3. The fourth-order valence-corrected chi connectivity index (χ4v) is 3.10. The Morgan fingerprint density at radius 1 is 1.26 bits per heavy atom. The summed E-state index contributed by atoms with van der Waals surface area (Å²) in [6.45, 7) is 3.59. The molecule has 4 heterocycles. The van der Waals surface area contributed by atoms with Crippen molar-refractivity contribution >= 4 is 17.0 Å². The van der Waals surface area contributed by atoms with Crippen LogP contribution in [0.5, 0.6) is 0 Å². The maximum absolute atomic E-state index is 10.3. The quantitative estimate of drug-likeness (QED) is 0.470. The highest BCUT2D eigenvalue weighted by atomic mass is 16.6. The van der Waals surface area contributed by atoms with E-state index in [0.717, 1.165) is 0 Å². The molecule has 0 spiro atoms. The molecule has 11 heteroatoms. The molecular formula is C16H21N7O4. The molecule has 2 unspecified atom stereocenters. The third-order valence-corrected chi connectivity index (χ3v) is 4.63. The van der Waals surface area contributed by atoms with Gasteiger partial charge in [-0.2, -0.15) is 5.10 Å². The van der Waals surface area contributed by atoms with Crippen molar-refractivity contribution in [1.82, 2.24) is 29.3 Å². The van der Waals surface area contributed by atoms with Gasteiger partial charge >= 0.3 is 0 Å². The predicted octanol–water partition coefficient (Wildman–Crippen LogP) is -0.536. The first-order valence-electron chi connectivity index (χ1n) is 8.57. The first kappa shape index (κ1) is 17.8. The summed E-state index contributed by atoms with van der Waals surface area (Å²) < 4.78 is 8.82. The predicted molar refractivity (Wildman–Crippen MR) is 94.4 cm³/mol. The zero-order chi connectivity index (χ0) is 19.3. The smallest absolute Gasteiger partial charge is 0.168 e. The minimum atomic E-state index is -1.25. The van der Waals surface area contributed by atoms with Crippen molar-refractivity contribution in [3.8, 4) is 11.4 Å². The van der Waals surface area contributed by atoms with Crippen molar-refractivity contribution in [2.24, 2.45) is 0 Å². The number of aliphatic hydroxyl groups excluding tert-OH is 3. The summed E-state index contributed by atoms with van der Waals surface area (Å²) >= 11 is 0. The Morgan fingerprint density at radius 2 is 2.04 bits per heavy atom. The van der Waals surface area contributed by atoms with Crippen LogP contribution < -0.4 is 5.73 Å². The Kier molecular flexibility index (Phi) is 4.30. The van der Waals surface area contributed by atoms with Gasteiger partial charge in [0.05, 0.1) is 24.7 Å². The van der Waals surface area contributed by atoms with E-state index in [0.29, 0.717) is 22.6 Å². The molecule has 27 heavy (non-hydrogen) atoms. The monoisotopic (exact) mass is 375 g/mol. The van der Waals surface area contributed by atoms with E-state index >= 15 is 0 Å². The molecule has 4 rings (SSSR count). The lowest BCUT2D eigenvalue weighted by Crippen LogP contribution is -2.33. The van der Waals surface area contributed by atoms with E-state index in [9.17, 15) is 15.3 Å². The third-order valence-electron chi connectivity index (χ3n) is 4.63. The number of ether oxygens (including phenoxy) is 1. The normalized spacial score (nSPS) is 25.7. The SMILES string of the molecule is CC(C)n1cc(-c2nc(N)c3ncn(C4OC(CO)[C@@H](O)[C@H]4O)c3n2)cn1. The van der Waals surface area contributed by atoms with Crippen molar-refractivity contribution < 1.29 is 20.1 Å². The molecule has 0 radical (unpaired) electrons. The summed E-state index contributed by atoms with van der Waals surface area (Å²) in [5, 5.41) is 33.9. The number of hydrogen-bond donors (Lipinski definition) is 4. The number of aromatic nitrogens is 6. The Balaban J connectivity index is 1.78. The summed E-state index contributed by atoms with van der Waals surface area (Å²) in [4.78, 5) is 13.0. The van der Waals surface area contributed by atoms with Crippen molar-refractivity contribution in [1.29, 1.82) is 0 Å². The zero-order valence-corrected chi connectivity index (χ0v) is 14.8. The van der Waals surface area contributed by atoms with Crippen molar-refractivity contribution in [3.63, 3.8) is 0 Å². The molecule has 0 aromatic carbocycles. The van der Waals surface area contributed by atoms with Gasteiger partial charge in [0.15, 0.2) is 23.5 Å². The minimum Gasteiger partial charge on any atom is -0.394 e. The van der Waals surface area contributed by atoms with Crippen LogP contribution in [0.15, 0.2) is 18.7 Å². The molecule has 11 nitrogen and oxygen atoms in total. The lowest BCUT2D eigenvalue weighted by atomic mass is 10.1. The van der Waals surface area contributed by atoms with E-state index < -0.39 is 31.1 Å². The van der Waals surface area contributed by atoms with E-state index in [2.05, 4.69) is 20.1 Å². The standard InChI is InChI=1S/C16H21N7O4/c1-7(2)23-4-8(3-19-23)14-20-13(17)10-15(21-14)22(6-18-10)16-12(26)11(25)9(5-24)27-16/h3-4,6-7,9,11-12,16,24-26H,5H2,1-2H3,(H2,17,20,21)/t9?,11-,12-,16?/m1/s1. The second kappa shape index (κ2) is 6.53. The number of hydrogen-bond acceptors (Lipinski definition) is 9. The van der Waals surface area contributed by atoms with E-state index in [1.807, 2.05) is 20.0 Å². The first-order chi connectivity index (χ1) is 12.9. The average molecular weight is 375 g/mol. The largest absolute Gasteiger partial charge is 0.394 e. The molecule has 3 aromatic heterocycles. The number of nitrogens with zero attached hydrogens (tertiary/aromatic N) is 6. The van der Waals surface area contributed by atoms with Crippen LogP contribution in [0.2, 0.25) is 0 Å². The van der Waals surface area contributed by atoms with Crippen LogP contribution in [-0.2, 0) is 4.74 Å². The topological polar surface area (TPSA) is 157 Å². The van der Waals surface area contributed by atoms with Crippen LogP contribution in [0.25, 0.3) is 22.6 Å². The summed E-state index contributed by atoms with van der Waals surface area (Å²) in [5.74, 6) is 0.540. The lowest BCUT2D eigenvalue weighted by Gasteiger charge is -2.16. The molecular weight excluding hydrogens is 354 g/mol. The van der Waals surface area contributed by atoms with E-state index in [1.54, 1.807) is 10.9 Å². The average Bonchev–Trinajstić information content (AvgIpc) is 3.34. The number of fused-ring (bicyclic) bond motifs is 1. The fourth-order valence-electron chi connectivity index (χ4n) is 3.10. The van der Waals surface area contributed by atoms with Crippen LogP contribution in [-0.4, -0.2) is 69.5 Å². The summed E-state index contributed by atoms with van der Waals surface area (Å²) in [6, 6.07) is 0.185. The zero-order valence-electron chi connectivity index (χ0n) is 14.8.